The minimum Gasteiger partial charge on any atom is -0.480 e. The first kappa shape index (κ1) is 56.3. The molecule has 0 aromatic heterocycles. The van der Waals surface area contributed by atoms with E-state index in [1.54, 1.807) is 0 Å². The molecular formula is C50H92N2O7. The number of aliphatic carboxylic acids is 1. The van der Waals surface area contributed by atoms with Gasteiger partial charge in [0.2, 0.25) is 11.8 Å². The molecule has 0 spiro atoms. The van der Waals surface area contributed by atoms with Gasteiger partial charge >= 0.3 is 11.9 Å². The number of aliphatic hydroxyl groups is 1. The quantitative estimate of drug-likeness (QED) is 0.0272. The summed E-state index contributed by atoms with van der Waals surface area (Å²) in [5.41, 5.74) is 0. The number of esters is 1. The number of unbranched alkanes of at least 4 members (excludes halogenated alkanes) is 29. The van der Waals surface area contributed by atoms with E-state index >= 15 is 0 Å². The minimum atomic E-state index is -1.38. The largest absolute Gasteiger partial charge is 0.480 e. The first-order valence-corrected chi connectivity index (χ1v) is 24.7. The molecule has 0 bridgehead atoms. The maximum absolute atomic E-state index is 12.8. The van der Waals surface area contributed by atoms with Gasteiger partial charge in [-0.25, -0.2) is 4.79 Å². The Labute approximate surface area is 362 Å². The van der Waals surface area contributed by atoms with Gasteiger partial charge in [-0.2, -0.15) is 0 Å². The number of carbonyl (C=O) groups excluding carboxylic acids is 3. The Kier molecular flexibility index (Phi) is 42.8. The SMILES string of the molecule is CCCCC/C=C\C/C=C\C(CCCCCCCCC(=O)NCC(=O)NC(CO)C(=O)O)OC(=O)CCCCCCCCCCCCCCCCCCCCCCCC. The van der Waals surface area contributed by atoms with Crippen molar-refractivity contribution in [2.75, 3.05) is 13.2 Å². The first-order chi connectivity index (χ1) is 28.8. The highest BCUT2D eigenvalue weighted by molar-refractivity contribution is 5.87. The van der Waals surface area contributed by atoms with Crippen molar-refractivity contribution in [2.24, 2.45) is 0 Å². The molecule has 0 aromatic carbocycles. The molecule has 4 N–H and O–H groups in total. The predicted octanol–water partition coefficient (Wildman–Crippen LogP) is 12.8. The van der Waals surface area contributed by atoms with Gasteiger partial charge in [-0.3, -0.25) is 14.4 Å². The molecule has 2 unspecified atom stereocenters. The summed E-state index contributed by atoms with van der Waals surface area (Å²) < 4.78 is 5.94. The first-order valence-electron chi connectivity index (χ1n) is 24.7. The Bertz CT molecular complexity index is 1050. The van der Waals surface area contributed by atoms with Gasteiger partial charge in [0.15, 0.2) is 0 Å². The topological polar surface area (TPSA) is 142 Å². The monoisotopic (exact) mass is 833 g/mol. The van der Waals surface area contributed by atoms with E-state index in [0.29, 0.717) is 19.3 Å². The summed E-state index contributed by atoms with van der Waals surface area (Å²) in [6.07, 6.45) is 51.1. The van der Waals surface area contributed by atoms with Crippen molar-refractivity contribution in [3.63, 3.8) is 0 Å². The highest BCUT2D eigenvalue weighted by Gasteiger charge is 2.18. The lowest BCUT2D eigenvalue weighted by atomic mass is 10.0. The van der Waals surface area contributed by atoms with Gasteiger partial charge in [0.05, 0.1) is 13.2 Å². The number of carboxylic acid groups (broad SMARTS) is 1. The molecule has 0 aliphatic carbocycles. The van der Waals surface area contributed by atoms with Crippen molar-refractivity contribution in [1.82, 2.24) is 10.6 Å². The molecular weight excluding hydrogens is 741 g/mol. The second-order valence-electron chi connectivity index (χ2n) is 16.9. The summed E-state index contributed by atoms with van der Waals surface area (Å²) in [6.45, 7) is 3.47. The molecule has 0 aromatic rings. The summed E-state index contributed by atoms with van der Waals surface area (Å²) >= 11 is 0. The van der Waals surface area contributed by atoms with Crippen LogP contribution in [0.25, 0.3) is 0 Å². The van der Waals surface area contributed by atoms with E-state index in [9.17, 15) is 19.2 Å². The number of amides is 2. The van der Waals surface area contributed by atoms with E-state index in [1.807, 2.05) is 0 Å². The van der Waals surface area contributed by atoms with E-state index in [0.717, 1.165) is 64.2 Å². The van der Waals surface area contributed by atoms with Crippen LogP contribution in [-0.4, -0.2) is 59.3 Å². The summed E-state index contributed by atoms with van der Waals surface area (Å²) in [6, 6.07) is -1.38. The third-order valence-electron chi connectivity index (χ3n) is 11.2. The Morgan fingerprint density at radius 2 is 0.966 bits per heavy atom. The van der Waals surface area contributed by atoms with Crippen LogP contribution in [0, 0.1) is 0 Å². The molecule has 344 valence electrons. The fourth-order valence-electron chi connectivity index (χ4n) is 7.37. The summed E-state index contributed by atoms with van der Waals surface area (Å²) in [5.74, 6) is -2.33. The number of carboxylic acids is 1. The molecule has 2 atom stereocenters. The minimum absolute atomic E-state index is 0.0891. The fraction of sp³-hybridized carbons (Fsp3) is 0.840. The molecule has 0 saturated carbocycles. The number of allylic oxidation sites excluding steroid dienone is 3. The van der Waals surface area contributed by atoms with Crippen LogP contribution in [0.1, 0.15) is 245 Å². The maximum atomic E-state index is 12.8. The van der Waals surface area contributed by atoms with Crippen LogP contribution in [0.5, 0.6) is 0 Å². The third kappa shape index (κ3) is 41.8. The van der Waals surface area contributed by atoms with Crippen LogP contribution in [0.3, 0.4) is 0 Å². The number of rotatable bonds is 45. The van der Waals surface area contributed by atoms with Gasteiger partial charge in [-0.1, -0.05) is 205 Å². The highest BCUT2D eigenvalue weighted by atomic mass is 16.5. The lowest BCUT2D eigenvalue weighted by Crippen LogP contribution is -2.47. The third-order valence-corrected chi connectivity index (χ3v) is 11.2. The standard InChI is InChI=1S/C50H92N2O7/c1-3-5-7-9-11-13-14-15-16-17-18-19-20-21-22-23-24-25-26-28-34-38-42-49(56)59-45(39-35-31-27-12-10-8-6-4-2)40-36-32-29-30-33-37-41-47(54)51-43-48(55)52-46(44-53)50(57)58/h12,27,35,39,45-46,53H,3-11,13-26,28-34,36-38,40-44H2,1-2H3,(H,51,54)(H,52,55)(H,57,58)/b27-12-,39-35-. The highest BCUT2D eigenvalue weighted by Crippen LogP contribution is 2.17. The van der Waals surface area contributed by atoms with Crippen molar-refractivity contribution < 1.29 is 34.1 Å². The number of carbonyl (C=O) groups is 4. The van der Waals surface area contributed by atoms with Gasteiger partial charge in [0.25, 0.3) is 0 Å². The van der Waals surface area contributed by atoms with Crippen molar-refractivity contribution in [1.29, 1.82) is 0 Å². The van der Waals surface area contributed by atoms with Gasteiger partial charge in [-0.05, 0) is 51.0 Å². The van der Waals surface area contributed by atoms with Gasteiger partial charge in [0, 0.05) is 12.8 Å². The van der Waals surface area contributed by atoms with Crippen LogP contribution in [0.15, 0.2) is 24.3 Å². The van der Waals surface area contributed by atoms with E-state index in [2.05, 4.69) is 48.8 Å². The van der Waals surface area contributed by atoms with E-state index < -0.39 is 24.5 Å². The average molecular weight is 833 g/mol. The van der Waals surface area contributed by atoms with Crippen molar-refractivity contribution >= 4 is 23.8 Å². The number of ether oxygens (including phenoxy) is 1. The molecule has 9 heteroatoms. The number of hydrogen-bond acceptors (Lipinski definition) is 6. The van der Waals surface area contributed by atoms with Gasteiger partial charge in [-0.15, -0.1) is 0 Å². The van der Waals surface area contributed by atoms with Crippen molar-refractivity contribution in [3.05, 3.63) is 24.3 Å². The Morgan fingerprint density at radius 1 is 0.525 bits per heavy atom. The second-order valence-corrected chi connectivity index (χ2v) is 16.9. The Morgan fingerprint density at radius 3 is 1.44 bits per heavy atom. The Balaban J connectivity index is 4.08. The van der Waals surface area contributed by atoms with Crippen LogP contribution in [0.4, 0.5) is 0 Å². The van der Waals surface area contributed by atoms with Crippen molar-refractivity contribution in [3.8, 4) is 0 Å². The van der Waals surface area contributed by atoms with Crippen LogP contribution in [-0.2, 0) is 23.9 Å². The molecule has 0 heterocycles. The molecule has 0 fully saturated rings. The maximum Gasteiger partial charge on any atom is 0.328 e. The van der Waals surface area contributed by atoms with E-state index in [-0.39, 0.29) is 24.5 Å². The van der Waals surface area contributed by atoms with E-state index in [4.69, 9.17) is 14.9 Å². The molecule has 59 heavy (non-hydrogen) atoms. The summed E-state index contributed by atoms with van der Waals surface area (Å²) in [4.78, 5) is 47.5. The zero-order chi connectivity index (χ0) is 43.3. The second kappa shape index (κ2) is 44.9. The van der Waals surface area contributed by atoms with Crippen LogP contribution in [0.2, 0.25) is 0 Å². The molecule has 0 aliphatic heterocycles. The zero-order valence-electron chi connectivity index (χ0n) is 38.3. The molecule has 2 amide bonds. The molecule has 9 nitrogen and oxygen atoms in total. The van der Waals surface area contributed by atoms with Crippen molar-refractivity contribution in [2.45, 2.75) is 257 Å². The summed E-state index contributed by atoms with van der Waals surface area (Å²) in [7, 11) is 0. The molecule has 0 saturated heterocycles. The van der Waals surface area contributed by atoms with Crippen LogP contribution < -0.4 is 10.6 Å². The molecule has 0 aliphatic rings. The number of nitrogens with one attached hydrogen (secondary N) is 2. The number of aliphatic hydroxyl groups excluding tert-OH is 1. The van der Waals surface area contributed by atoms with Gasteiger partial charge < -0.3 is 25.6 Å². The summed E-state index contributed by atoms with van der Waals surface area (Å²) in [5, 5.41) is 22.5. The molecule has 0 rings (SSSR count). The lowest BCUT2D eigenvalue weighted by Gasteiger charge is -2.15. The molecule has 0 radical (unpaired) electrons. The number of hydrogen-bond donors (Lipinski definition) is 4. The van der Waals surface area contributed by atoms with Crippen LogP contribution >= 0.6 is 0 Å². The zero-order valence-corrected chi connectivity index (χ0v) is 38.3. The average Bonchev–Trinajstić information content (AvgIpc) is 3.22. The van der Waals surface area contributed by atoms with E-state index in [1.165, 1.54) is 148 Å². The lowest BCUT2D eigenvalue weighted by molar-refractivity contribution is -0.147. The normalized spacial score (nSPS) is 12.6. The van der Waals surface area contributed by atoms with Gasteiger partial charge in [0.1, 0.15) is 12.1 Å². The Hall–Kier alpha value is -2.68. The smallest absolute Gasteiger partial charge is 0.328 e. The predicted molar refractivity (Wildman–Crippen MR) is 245 cm³/mol. The fourth-order valence-corrected chi connectivity index (χ4v) is 7.37.